The first-order chi connectivity index (χ1) is 14.7. The molecule has 174 valence electrons. The van der Waals surface area contributed by atoms with Gasteiger partial charge in [0.1, 0.15) is 0 Å². The monoisotopic (exact) mass is 433 g/mol. The van der Waals surface area contributed by atoms with E-state index in [9.17, 15) is 19.8 Å². The van der Waals surface area contributed by atoms with Crippen LogP contribution in [0.5, 0.6) is 0 Å². The van der Waals surface area contributed by atoms with Crippen LogP contribution in [0.4, 0.5) is 0 Å². The third-order valence-electron chi connectivity index (χ3n) is 6.11. The molecule has 7 heteroatoms. The number of rotatable bonds is 10. The minimum Gasteiger partial charge on any atom is -0.389 e. The lowest BCUT2D eigenvalue weighted by Gasteiger charge is -2.32. The van der Waals surface area contributed by atoms with E-state index in [1.807, 2.05) is 13.8 Å². The highest BCUT2D eigenvalue weighted by Gasteiger charge is 2.34. The van der Waals surface area contributed by atoms with Gasteiger partial charge >= 0.3 is 0 Å². The summed E-state index contributed by atoms with van der Waals surface area (Å²) >= 11 is 0. The van der Waals surface area contributed by atoms with Crippen LogP contribution in [0, 0.1) is 11.8 Å². The van der Waals surface area contributed by atoms with Gasteiger partial charge in [-0.2, -0.15) is 0 Å². The van der Waals surface area contributed by atoms with Crippen LogP contribution in [0.2, 0.25) is 0 Å². The Morgan fingerprint density at radius 2 is 1.68 bits per heavy atom. The van der Waals surface area contributed by atoms with Crippen LogP contribution in [0.15, 0.2) is 30.3 Å². The van der Waals surface area contributed by atoms with Gasteiger partial charge in [0.15, 0.2) is 0 Å². The Balaban J connectivity index is 2.10. The molecular weight excluding hydrogens is 394 g/mol. The maximum absolute atomic E-state index is 13.0. The van der Waals surface area contributed by atoms with Crippen molar-refractivity contribution in [2.24, 2.45) is 23.3 Å². The molecule has 0 bridgehead atoms. The normalized spacial score (nSPS) is 18.9. The molecule has 0 aromatic heterocycles. The third kappa shape index (κ3) is 7.68. The molecule has 7 nitrogen and oxygen atoms in total. The maximum Gasteiger partial charge on any atom is 0.260 e. The summed E-state index contributed by atoms with van der Waals surface area (Å²) in [5.41, 5.74) is 12.6. The molecule has 0 aliphatic heterocycles. The van der Waals surface area contributed by atoms with Crippen LogP contribution in [-0.4, -0.2) is 57.8 Å². The molecule has 31 heavy (non-hydrogen) atoms. The van der Waals surface area contributed by atoms with Crippen LogP contribution in [0.3, 0.4) is 0 Å². The molecule has 1 fully saturated rings. The molecule has 2 rings (SSSR count). The zero-order valence-corrected chi connectivity index (χ0v) is 18.8. The second-order valence-corrected chi connectivity index (χ2v) is 9.32. The van der Waals surface area contributed by atoms with Crippen molar-refractivity contribution in [3.63, 3.8) is 0 Å². The lowest BCUT2D eigenvalue weighted by atomic mass is 9.83. The van der Waals surface area contributed by atoms with E-state index in [1.165, 1.54) is 6.42 Å². The van der Waals surface area contributed by atoms with Crippen LogP contribution >= 0.6 is 0 Å². The highest BCUT2D eigenvalue weighted by Crippen LogP contribution is 2.28. The number of hydrogen-bond acceptors (Lipinski definition) is 6. The van der Waals surface area contributed by atoms with Crippen molar-refractivity contribution in [2.45, 2.75) is 83.1 Å². The summed E-state index contributed by atoms with van der Waals surface area (Å²) in [6.45, 7) is 3.54. The molecule has 1 aromatic rings. The van der Waals surface area contributed by atoms with E-state index in [2.05, 4.69) is 0 Å². The summed E-state index contributed by atoms with van der Waals surface area (Å²) in [4.78, 5) is 27.0. The first-order valence-electron chi connectivity index (χ1n) is 11.5. The number of aliphatic hydroxyl groups excluding tert-OH is 2. The van der Waals surface area contributed by atoms with E-state index in [0.717, 1.165) is 30.6 Å². The Kier molecular flexibility index (Phi) is 10.1. The van der Waals surface area contributed by atoms with Crippen molar-refractivity contribution in [1.29, 1.82) is 0 Å². The number of nitrogens with two attached hydrogens (primary N) is 2. The average Bonchev–Trinajstić information content (AvgIpc) is 2.76. The molecule has 0 unspecified atom stereocenters. The quantitative estimate of drug-likeness (QED) is 0.447. The Morgan fingerprint density at radius 1 is 1.06 bits per heavy atom. The van der Waals surface area contributed by atoms with Crippen LogP contribution in [0.25, 0.3) is 0 Å². The number of amides is 2. The molecule has 2 amide bonds. The highest BCUT2D eigenvalue weighted by molar-refractivity contribution is 6.06. The summed E-state index contributed by atoms with van der Waals surface area (Å²) in [5, 5.41) is 21.3. The fraction of sp³-hybridized carbons (Fsp3) is 0.667. The molecule has 0 spiro atoms. The van der Waals surface area contributed by atoms with Gasteiger partial charge in [-0.3, -0.25) is 14.5 Å². The molecule has 1 saturated carbocycles. The number of aliphatic hydroxyl groups is 2. The fourth-order valence-electron chi connectivity index (χ4n) is 4.35. The molecular formula is C24H39N3O4. The van der Waals surface area contributed by atoms with Crippen molar-refractivity contribution < 1.29 is 19.8 Å². The van der Waals surface area contributed by atoms with Crippen molar-refractivity contribution in [1.82, 2.24) is 4.90 Å². The van der Waals surface area contributed by atoms with Crippen LogP contribution in [-0.2, 0) is 4.79 Å². The standard InChI is InChI=1S/C24H39N3O4/c1-16(2)13-20(26)24(31)27(23(30)18-11-7-4-8-12-18)15-21(28)22(29)19(25)14-17-9-5-3-6-10-17/h4,7-8,11-12,16-17,19-22,28-29H,3,5-6,9-10,13-15,25-26H2,1-2H3/t19-,20-,21-,22+/m0/s1. The summed E-state index contributed by atoms with van der Waals surface area (Å²) in [7, 11) is 0. The van der Waals surface area contributed by atoms with Gasteiger partial charge in [0.05, 0.1) is 24.8 Å². The van der Waals surface area contributed by atoms with Crippen molar-refractivity contribution in [3.05, 3.63) is 35.9 Å². The van der Waals surface area contributed by atoms with Gasteiger partial charge in [-0.1, -0.05) is 64.2 Å². The number of carbonyl (C=O) groups excluding carboxylic acids is 2. The van der Waals surface area contributed by atoms with Crippen LogP contribution in [0.1, 0.15) is 69.2 Å². The number of imide groups is 1. The molecule has 1 aliphatic rings. The topological polar surface area (TPSA) is 130 Å². The maximum atomic E-state index is 13.0. The van der Waals surface area contributed by atoms with Gasteiger partial charge in [-0.15, -0.1) is 0 Å². The fourth-order valence-corrected chi connectivity index (χ4v) is 4.35. The minimum absolute atomic E-state index is 0.173. The number of hydrogen-bond donors (Lipinski definition) is 4. The molecule has 0 saturated heterocycles. The first kappa shape index (κ1) is 25.5. The SMILES string of the molecule is CC(C)C[C@H](N)C(=O)N(C[C@H](O)[C@H](O)[C@@H](N)CC1CCCCC1)C(=O)c1ccccc1. The number of carbonyl (C=O) groups is 2. The van der Waals surface area contributed by atoms with E-state index in [0.29, 0.717) is 24.3 Å². The Hall–Kier alpha value is -1.80. The molecule has 1 aliphatic carbocycles. The second kappa shape index (κ2) is 12.3. The molecule has 1 aromatic carbocycles. The van der Waals surface area contributed by atoms with E-state index in [-0.39, 0.29) is 12.5 Å². The molecule has 0 heterocycles. The zero-order chi connectivity index (χ0) is 23.0. The van der Waals surface area contributed by atoms with Gasteiger partial charge in [-0.05, 0) is 36.8 Å². The first-order valence-corrected chi connectivity index (χ1v) is 11.5. The Bertz CT molecular complexity index is 691. The van der Waals surface area contributed by atoms with E-state index < -0.39 is 36.1 Å². The molecule has 0 radical (unpaired) electrons. The largest absolute Gasteiger partial charge is 0.389 e. The second-order valence-electron chi connectivity index (χ2n) is 9.32. The average molecular weight is 434 g/mol. The van der Waals surface area contributed by atoms with E-state index in [4.69, 9.17) is 11.5 Å². The number of nitrogens with zero attached hydrogens (tertiary/aromatic N) is 1. The predicted molar refractivity (Wildman–Crippen MR) is 121 cm³/mol. The van der Waals surface area contributed by atoms with Crippen molar-refractivity contribution in [3.8, 4) is 0 Å². The Labute approximate surface area is 185 Å². The lowest BCUT2D eigenvalue weighted by molar-refractivity contribution is -0.132. The van der Waals surface area contributed by atoms with Gasteiger partial charge < -0.3 is 21.7 Å². The number of benzene rings is 1. The smallest absolute Gasteiger partial charge is 0.260 e. The summed E-state index contributed by atoms with van der Waals surface area (Å²) < 4.78 is 0. The summed E-state index contributed by atoms with van der Waals surface area (Å²) in [6.07, 6.45) is 4.17. The minimum atomic E-state index is -1.35. The molecule has 6 N–H and O–H groups in total. The lowest BCUT2D eigenvalue weighted by Crippen LogP contribution is -2.54. The van der Waals surface area contributed by atoms with E-state index in [1.54, 1.807) is 30.3 Å². The van der Waals surface area contributed by atoms with Crippen molar-refractivity contribution in [2.75, 3.05) is 6.54 Å². The Morgan fingerprint density at radius 3 is 2.26 bits per heavy atom. The molecule has 4 atom stereocenters. The van der Waals surface area contributed by atoms with Gasteiger partial charge in [-0.25, -0.2) is 0 Å². The van der Waals surface area contributed by atoms with Crippen molar-refractivity contribution >= 4 is 11.8 Å². The zero-order valence-electron chi connectivity index (χ0n) is 18.8. The summed E-state index contributed by atoms with van der Waals surface area (Å²) in [6, 6.07) is 6.91. The van der Waals surface area contributed by atoms with Gasteiger partial charge in [0.2, 0.25) is 5.91 Å². The van der Waals surface area contributed by atoms with E-state index >= 15 is 0 Å². The third-order valence-corrected chi connectivity index (χ3v) is 6.11. The van der Waals surface area contributed by atoms with Gasteiger partial charge in [0, 0.05) is 11.6 Å². The summed E-state index contributed by atoms with van der Waals surface area (Å²) in [5.74, 6) is -0.493. The van der Waals surface area contributed by atoms with Crippen LogP contribution < -0.4 is 11.5 Å². The van der Waals surface area contributed by atoms with Gasteiger partial charge in [0.25, 0.3) is 5.91 Å². The predicted octanol–water partition coefficient (Wildman–Crippen LogP) is 2.05. The highest BCUT2D eigenvalue weighted by atomic mass is 16.3.